The van der Waals surface area contributed by atoms with Crippen molar-refractivity contribution in [3.8, 4) is 33.9 Å². The number of benzene rings is 6. The van der Waals surface area contributed by atoms with E-state index in [1.807, 2.05) is 12.1 Å². The number of anilines is 6. The third kappa shape index (κ3) is 4.97. The van der Waals surface area contributed by atoms with Gasteiger partial charge in [-0.3, -0.25) is 0 Å². The maximum absolute atomic E-state index is 5.75. The van der Waals surface area contributed by atoms with Crippen LogP contribution in [-0.2, 0) is 0 Å². The van der Waals surface area contributed by atoms with Crippen LogP contribution in [0.5, 0.6) is 11.5 Å². The Labute approximate surface area is 288 Å². The second kappa shape index (κ2) is 12.2. The van der Waals surface area contributed by atoms with Crippen LogP contribution in [0.2, 0.25) is 0 Å². The van der Waals surface area contributed by atoms with Gasteiger partial charge in [-0.25, -0.2) is 4.98 Å². The summed E-state index contributed by atoms with van der Waals surface area (Å²) in [5.41, 5.74) is 12.5. The fraction of sp³-hybridized carbons (Fsp3) is 0.0714. The Kier molecular flexibility index (Phi) is 7.58. The molecule has 0 fully saturated rings. The Morgan fingerprint density at radius 3 is 1.75 bits per heavy atom. The molecule has 8 rings (SSSR count). The second-order valence-electron chi connectivity index (χ2n) is 11.7. The fourth-order valence-electron chi connectivity index (χ4n) is 6.74. The average molecular weight is 691 g/mol. The van der Waals surface area contributed by atoms with Gasteiger partial charge in [0.1, 0.15) is 0 Å². The molecule has 48 heavy (non-hydrogen) atoms. The molecule has 0 aliphatic carbocycles. The van der Waals surface area contributed by atoms with Crippen LogP contribution < -0.4 is 19.3 Å². The third-order valence-corrected chi connectivity index (χ3v) is 9.49. The summed E-state index contributed by atoms with van der Waals surface area (Å²) < 4.78 is 12.4. The Balaban J connectivity index is 1.44. The predicted molar refractivity (Wildman–Crippen MR) is 201 cm³/mol. The molecule has 234 valence electrons. The van der Waals surface area contributed by atoms with Crippen molar-refractivity contribution in [2.45, 2.75) is 6.92 Å². The Morgan fingerprint density at radius 1 is 0.542 bits per heavy atom. The molecule has 0 radical (unpaired) electrons. The van der Waals surface area contributed by atoms with Gasteiger partial charge in [0, 0.05) is 21.1 Å². The Bertz CT molecular complexity index is 2260. The highest BCUT2D eigenvalue weighted by atomic mass is 79.9. The molecule has 6 aromatic carbocycles. The first-order chi connectivity index (χ1) is 23.6. The zero-order valence-corrected chi connectivity index (χ0v) is 28.4. The Morgan fingerprint density at radius 2 is 1.12 bits per heavy atom. The van der Waals surface area contributed by atoms with Gasteiger partial charge in [-0.15, -0.1) is 0 Å². The van der Waals surface area contributed by atoms with Gasteiger partial charge in [0.25, 0.3) is 0 Å². The molecule has 1 aliphatic rings. The number of aromatic nitrogens is 1. The van der Waals surface area contributed by atoms with Crippen LogP contribution in [0.3, 0.4) is 0 Å². The number of rotatable bonds is 6. The van der Waals surface area contributed by atoms with Gasteiger partial charge >= 0.3 is 0 Å². The summed E-state index contributed by atoms with van der Waals surface area (Å²) in [5.74, 6) is 1.37. The monoisotopic (exact) mass is 689 g/mol. The molecular weight excluding hydrogens is 658 g/mol. The van der Waals surface area contributed by atoms with Gasteiger partial charge in [0.2, 0.25) is 0 Å². The van der Waals surface area contributed by atoms with Gasteiger partial charge in [-0.05, 0) is 96.4 Å². The van der Waals surface area contributed by atoms with Crippen LogP contribution in [-0.4, -0.2) is 19.2 Å². The molecule has 0 unspecified atom stereocenters. The lowest BCUT2D eigenvalue weighted by Crippen LogP contribution is -2.24. The van der Waals surface area contributed by atoms with Crippen molar-refractivity contribution in [3.63, 3.8) is 0 Å². The maximum atomic E-state index is 5.75. The van der Waals surface area contributed by atoms with Gasteiger partial charge in [0.15, 0.2) is 11.5 Å². The number of fused-ring (bicyclic) bond motifs is 3. The van der Waals surface area contributed by atoms with Crippen molar-refractivity contribution in [1.82, 2.24) is 4.98 Å². The molecule has 0 saturated heterocycles. The van der Waals surface area contributed by atoms with Gasteiger partial charge in [-0.1, -0.05) is 82.7 Å². The lowest BCUT2D eigenvalue weighted by atomic mass is 9.94. The zero-order valence-electron chi connectivity index (χ0n) is 26.8. The van der Waals surface area contributed by atoms with Crippen LogP contribution in [0, 0.1) is 6.92 Å². The predicted octanol–water partition coefficient (Wildman–Crippen LogP) is 11.9. The first-order valence-electron chi connectivity index (χ1n) is 15.8. The molecule has 0 atom stereocenters. The van der Waals surface area contributed by atoms with E-state index in [0.29, 0.717) is 11.5 Å². The van der Waals surface area contributed by atoms with Crippen molar-refractivity contribution >= 4 is 61.0 Å². The van der Waals surface area contributed by atoms with Crippen LogP contribution in [0.15, 0.2) is 144 Å². The van der Waals surface area contributed by atoms with Gasteiger partial charge < -0.3 is 19.3 Å². The number of para-hydroxylation sites is 5. The lowest BCUT2D eigenvalue weighted by Gasteiger charge is -2.40. The first kappa shape index (κ1) is 29.8. The van der Waals surface area contributed by atoms with E-state index in [-0.39, 0.29) is 0 Å². The van der Waals surface area contributed by atoms with E-state index in [2.05, 4.69) is 160 Å². The van der Waals surface area contributed by atoms with Crippen LogP contribution in [0.1, 0.15) is 5.56 Å². The first-order valence-corrected chi connectivity index (χ1v) is 16.6. The minimum atomic E-state index is 0.679. The summed E-state index contributed by atoms with van der Waals surface area (Å²) in [7, 11) is 3.33. The van der Waals surface area contributed by atoms with E-state index >= 15 is 0 Å². The number of ether oxygens (including phenoxy) is 2. The smallest absolute Gasteiger partial charge is 0.161 e. The summed E-state index contributed by atoms with van der Waals surface area (Å²) in [6.45, 7) is 2.16. The quantitative estimate of drug-likeness (QED) is 0.174. The van der Waals surface area contributed by atoms with E-state index in [1.54, 1.807) is 14.2 Å². The number of pyridine rings is 1. The summed E-state index contributed by atoms with van der Waals surface area (Å²) in [4.78, 5) is 10.2. The van der Waals surface area contributed by atoms with Crippen molar-refractivity contribution in [1.29, 1.82) is 0 Å². The molecule has 1 aromatic heterocycles. The number of aryl methyl sites for hydroxylation is 1. The van der Waals surface area contributed by atoms with Crippen molar-refractivity contribution < 1.29 is 9.47 Å². The summed E-state index contributed by atoms with van der Waals surface area (Å²) in [5, 5.41) is 1.08. The zero-order chi connectivity index (χ0) is 32.8. The molecule has 1 aliphatic heterocycles. The molecule has 2 heterocycles. The second-order valence-corrected chi connectivity index (χ2v) is 12.7. The van der Waals surface area contributed by atoms with Crippen LogP contribution in [0.4, 0.5) is 34.1 Å². The maximum Gasteiger partial charge on any atom is 0.161 e. The van der Waals surface area contributed by atoms with E-state index < -0.39 is 0 Å². The fourth-order valence-corrected chi connectivity index (χ4v) is 7.00. The third-order valence-electron chi connectivity index (χ3n) is 8.96. The molecule has 0 bridgehead atoms. The van der Waals surface area contributed by atoms with E-state index in [1.165, 1.54) is 0 Å². The average Bonchev–Trinajstić information content (AvgIpc) is 3.14. The topological polar surface area (TPSA) is 37.8 Å². The van der Waals surface area contributed by atoms with Crippen molar-refractivity contribution in [2.24, 2.45) is 0 Å². The summed E-state index contributed by atoms with van der Waals surface area (Å²) >= 11 is 3.61. The molecule has 0 amide bonds. The number of halogens is 1. The molecular formula is C42H32BrN3O2. The van der Waals surface area contributed by atoms with Crippen LogP contribution >= 0.6 is 15.9 Å². The highest BCUT2D eigenvalue weighted by Crippen LogP contribution is 2.55. The number of methoxy groups -OCH3 is 2. The largest absolute Gasteiger partial charge is 0.493 e. The SMILES string of the molecule is COc1ccc(-c2cc(-c3ccc(Br)cc3)nc3c(N4c5ccccc5N(c5ccccc5)c5ccccc54)ccc(C)c23)cc1OC. The highest BCUT2D eigenvalue weighted by molar-refractivity contribution is 9.10. The van der Waals surface area contributed by atoms with Gasteiger partial charge in [0.05, 0.1) is 53.9 Å². The molecule has 0 N–H and O–H groups in total. The highest BCUT2D eigenvalue weighted by Gasteiger charge is 2.31. The van der Waals surface area contributed by atoms with E-state index in [9.17, 15) is 0 Å². The molecule has 7 aromatic rings. The number of hydrogen-bond acceptors (Lipinski definition) is 5. The minimum absolute atomic E-state index is 0.679. The molecule has 5 nitrogen and oxygen atoms in total. The molecule has 6 heteroatoms. The van der Waals surface area contributed by atoms with E-state index in [4.69, 9.17) is 14.5 Å². The van der Waals surface area contributed by atoms with Crippen molar-refractivity contribution in [3.05, 3.63) is 150 Å². The summed E-state index contributed by atoms with van der Waals surface area (Å²) in [6, 6.07) is 48.8. The normalized spacial score (nSPS) is 12.1. The lowest BCUT2D eigenvalue weighted by molar-refractivity contribution is 0.355. The molecule has 0 spiro atoms. The minimum Gasteiger partial charge on any atom is -0.493 e. The number of nitrogens with zero attached hydrogens (tertiary/aromatic N) is 3. The van der Waals surface area contributed by atoms with Crippen LogP contribution in [0.25, 0.3) is 33.3 Å². The standard InChI is InChI=1S/C42H32BrN3O2/c1-27-17-23-38(46-36-15-9-7-13-34(36)45(31-11-5-4-6-12-31)35-14-8-10-16-37(35)46)42-41(27)32(29-20-24-39(47-2)40(25-29)48-3)26-33(44-42)28-18-21-30(43)22-19-28/h4-26H,1-3H3. The Hall–Kier alpha value is -5.59. The van der Waals surface area contributed by atoms with Crippen molar-refractivity contribution in [2.75, 3.05) is 24.0 Å². The van der Waals surface area contributed by atoms with E-state index in [0.717, 1.165) is 77.4 Å². The van der Waals surface area contributed by atoms with Gasteiger partial charge in [-0.2, -0.15) is 0 Å². The molecule has 0 saturated carbocycles. The summed E-state index contributed by atoms with van der Waals surface area (Å²) in [6.07, 6.45) is 0. The number of hydrogen-bond donors (Lipinski definition) is 0.